The third-order valence-electron chi connectivity index (χ3n) is 9.40. The van der Waals surface area contributed by atoms with Gasteiger partial charge in [0.2, 0.25) is 0 Å². The smallest absolute Gasteiger partial charge is 0.319 e. The number of pyridine rings is 1. The van der Waals surface area contributed by atoms with Gasteiger partial charge in [0, 0.05) is 50.3 Å². The highest BCUT2D eigenvalue weighted by atomic mass is 19.1. The molecule has 2 aromatic heterocycles. The summed E-state index contributed by atoms with van der Waals surface area (Å²) in [6.45, 7) is 2.62. The van der Waals surface area contributed by atoms with Crippen LogP contribution in [-0.4, -0.2) is 82.7 Å². The minimum atomic E-state index is -0.921. The number of ether oxygens (including phenoxy) is 2. The maximum atomic E-state index is 16.7. The number of fused-ring (bicyclic) bond motifs is 3. The van der Waals surface area contributed by atoms with Gasteiger partial charge in [-0.1, -0.05) is 12.0 Å². The molecule has 0 spiro atoms. The van der Waals surface area contributed by atoms with Crippen LogP contribution in [-0.2, 0) is 4.74 Å². The second-order valence-electron chi connectivity index (χ2n) is 12.0. The summed E-state index contributed by atoms with van der Waals surface area (Å²) in [7, 11) is 1.69. The van der Waals surface area contributed by atoms with Gasteiger partial charge in [0.1, 0.15) is 41.4 Å². The number of phenols is 1. The lowest BCUT2D eigenvalue weighted by molar-refractivity contribution is 0.0817. The molecular formula is C33H32F3N5O3. The molecular weight excluding hydrogens is 571 g/mol. The van der Waals surface area contributed by atoms with Gasteiger partial charge in [0.15, 0.2) is 5.82 Å². The van der Waals surface area contributed by atoms with Crippen LogP contribution in [0.5, 0.6) is 11.8 Å². The van der Waals surface area contributed by atoms with E-state index in [0.717, 1.165) is 32.2 Å². The number of aromatic hydroxyl groups is 1. The zero-order chi connectivity index (χ0) is 30.6. The predicted molar refractivity (Wildman–Crippen MR) is 161 cm³/mol. The van der Waals surface area contributed by atoms with Crippen molar-refractivity contribution < 1.29 is 27.8 Å². The van der Waals surface area contributed by atoms with Crippen LogP contribution in [0.2, 0.25) is 0 Å². The van der Waals surface area contributed by atoms with Crippen LogP contribution in [0.4, 0.5) is 19.0 Å². The van der Waals surface area contributed by atoms with Gasteiger partial charge in [-0.3, -0.25) is 9.88 Å². The molecule has 8 nitrogen and oxygen atoms in total. The van der Waals surface area contributed by atoms with Crippen molar-refractivity contribution in [3.63, 3.8) is 0 Å². The number of benzene rings is 2. The SMILES string of the molecule is C#Cc1c(F)ccc2cc(O)cc(-c3ncc4c(N5CCC(OC)CC5)nc(OCC56CCCN5CC(F)C6)nc4c3F)c12. The van der Waals surface area contributed by atoms with Crippen LogP contribution in [0.1, 0.15) is 37.7 Å². The monoisotopic (exact) mass is 603 g/mol. The number of aromatic nitrogens is 3. The summed E-state index contributed by atoms with van der Waals surface area (Å²) in [5, 5.41) is 11.6. The van der Waals surface area contributed by atoms with E-state index in [0.29, 0.717) is 42.6 Å². The van der Waals surface area contributed by atoms with Crippen molar-refractivity contribution in [3.05, 3.63) is 47.7 Å². The van der Waals surface area contributed by atoms with Crippen LogP contribution in [0.15, 0.2) is 30.5 Å². The average molecular weight is 604 g/mol. The number of methoxy groups -OCH3 is 1. The van der Waals surface area contributed by atoms with Crippen LogP contribution in [0, 0.1) is 24.0 Å². The van der Waals surface area contributed by atoms with Crippen molar-refractivity contribution in [2.24, 2.45) is 0 Å². The highest BCUT2D eigenvalue weighted by Crippen LogP contribution is 2.42. The number of nitrogens with zero attached hydrogens (tertiary/aromatic N) is 5. The summed E-state index contributed by atoms with van der Waals surface area (Å²) in [6, 6.07) is 5.42. The normalized spacial score (nSPS) is 22.5. The fourth-order valence-electron chi connectivity index (χ4n) is 7.22. The molecule has 3 aliphatic heterocycles. The lowest BCUT2D eigenvalue weighted by Crippen LogP contribution is -2.43. The van der Waals surface area contributed by atoms with Gasteiger partial charge in [0.05, 0.1) is 22.6 Å². The molecule has 4 aromatic rings. The maximum absolute atomic E-state index is 16.7. The minimum absolute atomic E-state index is 0.0166. The largest absolute Gasteiger partial charge is 0.508 e. The Labute approximate surface area is 252 Å². The van der Waals surface area contributed by atoms with Crippen molar-refractivity contribution in [3.8, 4) is 35.4 Å². The Hall–Kier alpha value is -4.14. The third kappa shape index (κ3) is 4.77. The Kier molecular flexibility index (Phi) is 7.22. The van der Waals surface area contributed by atoms with Crippen molar-refractivity contribution >= 4 is 27.5 Å². The van der Waals surface area contributed by atoms with Crippen molar-refractivity contribution in [2.75, 3.05) is 44.8 Å². The first-order valence-corrected chi connectivity index (χ1v) is 14.9. The van der Waals surface area contributed by atoms with E-state index in [-0.39, 0.29) is 52.2 Å². The quantitative estimate of drug-likeness (QED) is 0.294. The third-order valence-corrected chi connectivity index (χ3v) is 9.40. The number of hydrogen-bond donors (Lipinski definition) is 1. The van der Waals surface area contributed by atoms with Crippen molar-refractivity contribution in [1.29, 1.82) is 0 Å². The number of hydrogen-bond acceptors (Lipinski definition) is 8. The molecule has 3 aliphatic rings. The molecule has 2 aromatic carbocycles. The number of phenolic OH excluding ortho intramolecular Hbond substituents is 1. The Bertz CT molecular complexity index is 1810. The fraction of sp³-hybridized carbons (Fsp3) is 0.424. The number of piperidine rings is 1. The zero-order valence-electron chi connectivity index (χ0n) is 24.3. The molecule has 3 fully saturated rings. The average Bonchev–Trinajstić information content (AvgIpc) is 3.55. The Morgan fingerprint density at radius 2 is 1.98 bits per heavy atom. The number of anilines is 1. The summed E-state index contributed by atoms with van der Waals surface area (Å²) < 4.78 is 57.6. The predicted octanol–water partition coefficient (Wildman–Crippen LogP) is 5.38. The van der Waals surface area contributed by atoms with Crippen LogP contribution < -0.4 is 9.64 Å². The van der Waals surface area contributed by atoms with E-state index >= 15 is 4.39 Å². The maximum Gasteiger partial charge on any atom is 0.319 e. The summed E-state index contributed by atoms with van der Waals surface area (Å²) in [6.07, 6.45) is 10.00. The summed E-state index contributed by atoms with van der Waals surface area (Å²) in [5.41, 5.74) is -0.543. The molecule has 0 amide bonds. The van der Waals surface area contributed by atoms with E-state index < -0.39 is 23.3 Å². The molecule has 0 radical (unpaired) electrons. The van der Waals surface area contributed by atoms with Gasteiger partial charge in [-0.2, -0.15) is 9.97 Å². The summed E-state index contributed by atoms with van der Waals surface area (Å²) in [4.78, 5) is 17.9. The second-order valence-corrected chi connectivity index (χ2v) is 12.0. The molecule has 1 N–H and O–H groups in total. The molecule has 11 heteroatoms. The Balaban J connectivity index is 1.36. The van der Waals surface area contributed by atoms with Crippen LogP contribution in [0.3, 0.4) is 0 Å². The van der Waals surface area contributed by atoms with Crippen molar-refractivity contribution in [2.45, 2.75) is 49.9 Å². The number of rotatable bonds is 6. The minimum Gasteiger partial charge on any atom is -0.508 e. The fourth-order valence-corrected chi connectivity index (χ4v) is 7.22. The van der Waals surface area contributed by atoms with E-state index in [9.17, 15) is 13.9 Å². The molecule has 2 unspecified atom stereocenters. The topological polar surface area (TPSA) is 83.8 Å². The molecule has 5 heterocycles. The van der Waals surface area contributed by atoms with E-state index in [1.54, 1.807) is 7.11 Å². The van der Waals surface area contributed by atoms with Gasteiger partial charge in [-0.15, -0.1) is 6.42 Å². The second kappa shape index (κ2) is 11.1. The first-order valence-electron chi connectivity index (χ1n) is 14.9. The summed E-state index contributed by atoms with van der Waals surface area (Å²) >= 11 is 0. The lowest BCUT2D eigenvalue weighted by atomic mass is 9.95. The molecule has 0 aliphatic carbocycles. The van der Waals surface area contributed by atoms with E-state index in [4.69, 9.17) is 20.9 Å². The standard InChI is InChI=1S/C33H32F3N5O3/c1-3-23-26(35)6-5-19-13-21(42)14-24(27(19)23)29-28(36)30-25(16-37-29)31(40-11-7-22(43-2)8-12-40)39-32(38-30)44-18-33-9-4-10-41(33)17-20(34)15-33/h1,5-6,13-14,16,20,22,42H,4,7-12,15,17-18H2,2H3. The molecule has 228 valence electrons. The first-order chi connectivity index (χ1) is 21.3. The van der Waals surface area contributed by atoms with Gasteiger partial charge in [-0.05, 0) is 55.8 Å². The van der Waals surface area contributed by atoms with E-state index in [2.05, 4.69) is 20.8 Å². The highest BCUT2D eigenvalue weighted by molar-refractivity contribution is 6.03. The van der Waals surface area contributed by atoms with Crippen LogP contribution >= 0.6 is 0 Å². The molecule has 7 rings (SSSR count). The molecule has 0 bridgehead atoms. The molecule has 3 saturated heterocycles. The van der Waals surface area contributed by atoms with Gasteiger partial charge in [0.25, 0.3) is 0 Å². The molecule has 44 heavy (non-hydrogen) atoms. The van der Waals surface area contributed by atoms with Gasteiger partial charge >= 0.3 is 6.01 Å². The molecule has 0 saturated carbocycles. The summed E-state index contributed by atoms with van der Waals surface area (Å²) in [5.74, 6) is 1.25. The molecule has 2 atom stereocenters. The Morgan fingerprint density at radius 3 is 2.75 bits per heavy atom. The zero-order valence-corrected chi connectivity index (χ0v) is 24.3. The Morgan fingerprint density at radius 1 is 1.16 bits per heavy atom. The number of terminal acetylenes is 1. The highest BCUT2D eigenvalue weighted by Gasteiger charge is 2.49. The van der Waals surface area contributed by atoms with Crippen molar-refractivity contribution in [1.82, 2.24) is 19.9 Å². The first kappa shape index (κ1) is 28.6. The van der Waals surface area contributed by atoms with Crippen LogP contribution in [0.25, 0.3) is 32.9 Å². The van der Waals surface area contributed by atoms with E-state index in [1.807, 2.05) is 4.90 Å². The van der Waals surface area contributed by atoms with E-state index in [1.165, 1.54) is 30.5 Å². The number of alkyl halides is 1. The lowest BCUT2D eigenvalue weighted by Gasteiger charge is -2.33. The van der Waals surface area contributed by atoms with Gasteiger partial charge in [-0.25, -0.2) is 13.2 Å². The van der Waals surface area contributed by atoms with Gasteiger partial charge < -0.3 is 19.5 Å². The number of halogens is 3.